The third-order valence-corrected chi connectivity index (χ3v) is 5.28. The Hall–Kier alpha value is -0.980. The zero-order valence-corrected chi connectivity index (χ0v) is 12.1. The van der Waals surface area contributed by atoms with E-state index in [-0.39, 0.29) is 0 Å². The molecule has 1 nitrogen and oxygen atoms in total. The number of hydrogen-bond donors (Lipinski definition) is 1. The molecule has 1 N–H and O–H groups in total. The van der Waals surface area contributed by atoms with Crippen LogP contribution in [0.4, 0.5) is 5.69 Å². The summed E-state index contributed by atoms with van der Waals surface area (Å²) in [6.07, 6.45) is 4.02. The summed E-state index contributed by atoms with van der Waals surface area (Å²) in [6.45, 7) is 9.70. The van der Waals surface area contributed by atoms with Gasteiger partial charge in [0.15, 0.2) is 0 Å². The van der Waals surface area contributed by atoms with E-state index in [4.69, 9.17) is 0 Å². The van der Waals surface area contributed by atoms with E-state index >= 15 is 0 Å². The van der Waals surface area contributed by atoms with Crippen molar-refractivity contribution in [3.8, 4) is 0 Å². The van der Waals surface area contributed by atoms with E-state index < -0.39 is 0 Å². The number of anilines is 1. The molecule has 0 bridgehead atoms. The van der Waals surface area contributed by atoms with Gasteiger partial charge in [0.2, 0.25) is 0 Å². The van der Waals surface area contributed by atoms with Gasteiger partial charge in [-0.3, -0.25) is 0 Å². The van der Waals surface area contributed by atoms with Crippen LogP contribution in [0.15, 0.2) is 24.3 Å². The molecule has 1 aliphatic heterocycles. The molecule has 1 heterocycles. The Bertz CT molecular complexity index is 458. The molecule has 2 atom stereocenters. The van der Waals surface area contributed by atoms with Gasteiger partial charge in [0.05, 0.1) is 0 Å². The van der Waals surface area contributed by atoms with Crippen LogP contribution in [0.1, 0.15) is 52.5 Å². The van der Waals surface area contributed by atoms with Crippen LogP contribution in [-0.2, 0) is 5.41 Å². The van der Waals surface area contributed by atoms with Crippen LogP contribution in [0.5, 0.6) is 0 Å². The van der Waals surface area contributed by atoms with Crippen molar-refractivity contribution in [2.75, 3.05) is 5.32 Å². The molecule has 0 amide bonds. The third-order valence-electron chi connectivity index (χ3n) is 5.28. The number of nitrogens with one attached hydrogen (secondary N) is 1. The fraction of sp³-hybridized carbons (Fsp3) is 0.647. The smallest absolute Gasteiger partial charge is 0.0380 e. The maximum Gasteiger partial charge on any atom is 0.0380 e. The molecule has 1 aliphatic carbocycles. The molecular formula is C17H25N. The normalized spacial score (nSPS) is 32.0. The molecule has 0 saturated heterocycles. The average molecular weight is 243 g/mol. The maximum atomic E-state index is 3.81. The first-order chi connectivity index (χ1) is 8.40. The minimum atomic E-state index is 0.309. The Labute approximate surface area is 111 Å². The van der Waals surface area contributed by atoms with Crippen LogP contribution in [-0.4, -0.2) is 6.04 Å². The topological polar surface area (TPSA) is 12.0 Å². The van der Waals surface area contributed by atoms with E-state index in [1.165, 1.54) is 30.5 Å². The monoisotopic (exact) mass is 243 g/mol. The van der Waals surface area contributed by atoms with E-state index in [1.807, 2.05) is 0 Å². The first-order valence-electron chi connectivity index (χ1n) is 7.26. The van der Waals surface area contributed by atoms with Crippen molar-refractivity contribution in [3.05, 3.63) is 29.8 Å². The lowest BCUT2D eigenvalue weighted by Crippen LogP contribution is -2.50. The minimum absolute atomic E-state index is 0.309. The fourth-order valence-electron chi connectivity index (χ4n) is 4.17. The average Bonchev–Trinajstić information content (AvgIpc) is 2.27. The van der Waals surface area contributed by atoms with Crippen LogP contribution < -0.4 is 5.32 Å². The van der Waals surface area contributed by atoms with Crippen LogP contribution in [0.3, 0.4) is 0 Å². The van der Waals surface area contributed by atoms with Gasteiger partial charge >= 0.3 is 0 Å². The predicted octanol–water partition coefficient (Wildman–Crippen LogP) is 4.58. The molecule has 0 aromatic heterocycles. The standard InChI is InChI=1S/C17H25N/c1-16(2)10-9-13-15(11-16)18-14-8-6-5-7-12(14)17(13,3)4/h5-8,13,15,18H,9-11H2,1-4H3/t13-,15?/m1/s1. The number of fused-ring (bicyclic) bond motifs is 2. The second kappa shape index (κ2) is 3.76. The maximum absolute atomic E-state index is 3.81. The second-order valence-corrected chi connectivity index (χ2v) is 7.53. The molecule has 0 radical (unpaired) electrons. The molecule has 1 heteroatoms. The molecule has 1 aromatic carbocycles. The minimum Gasteiger partial charge on any atom is -0.382 e. The lowest BCUT2D eigenvalue weighted by Gasteiger charge is -2.52. The first-order valence-corrected chi connectivity index (χ1v) is 7.26. The lowest BCUT2D eigenvalue weighted by atomic mass is 9.58. The Balaban J connectivity index is 2.01. The van der Waals surface area contributed by atoms with Crippen molar-refractivity contribution in [1.82, 2.24) is 0 Å². The van der Waals surface area contributed by atoms with E-state index in [1.54, 1.807) is 0 Å². The highest BCUT2D eigenvalue weighted by molar-refractivity contribution is 5.58. The van der Waals surface area contributed by atoms with Crippen molar-refractivity contribution in [2.24, 2.45) is 11.3 Å². The Morgan fingerprint density at radius 3 is 2.61 bits per heavy atom. The van der Waals surface area contributed by atoms with E-state index in [0.29, 0.717) is 16.9 Å². The van der Waals surface area contributed by atoms with Gasteiger partial charge in [-0.15, -0.1) is 0 Å². The summed E-state index contributed by atoms with van der Waals surface area (Å²) in [5, 5.41) is 3.81. The Morgan fingerprint density at radius 1 is 1.11 bits per heavy atom. The third kappa shape index (κ3) is 1.75. The first kappa shape index (κ1) is 12.1. The summed E-state index contributed by atoms with van der Waals surface area (Å²) >= 11 is 0. The summed E-state index contributed by atoms with van der Waals surface area (Å²) < 4.78 is 0. The van der Waals surface area contributed by atoms with Gasteiger partial charge in [-0.25, -0.2) is 0 Å². The molecule has 1 unspecified atom stereocenters. The molecule has 0 spiro atoms. The van der Waals surface area contributed by atoms with Crippen LogP contribution in [0.2, 0.25) is 0 Å². The van der Waals surface area contributed by atoms with Crippen LogP contribution in [0.25, 0.3) is 0 Å². The zero-order valence-electron chi connectivity index (χ0n) is 12.1. The second-order valence-electron chi connectivity index (χ2n) is 7.53. The van der Waals surface area contributed by atoms with Gasteiger partial charge in [0.25, 0.3) is 0 Å². The quantitative estimate of drug-likeness (QED) is 0.703. The summed E-state index contributed by atoms with van der Waals surface area (Å²) in [6, 6.07) is 9.53. The van der Waals surface area contributed by atoms with Crippen molar-refractivity contribution in [1.29, 1.82) is 0 Å². The highest BCUT2D eigenvalue weighted by Gasteiger charge is 2.46. The Kier molecular flexibility index (Phi) is 2.52. The van der Waals surface area contributed by atoms with E-state index in [2.05, 4.69) is 57.3 Å². The molecule has 1 aromatic rings. The van der Waals surface area contributed by atoms with Crippen molar-refractivity contribution < 1.29 is 0 Å². The lowest BCUT2D eigenvalue weighted by molar-refractivity contribution is 0.120. The number of benzene rings is 1. The zero-order chi connectivity index (χ0) is 13.0. The highest BCUT2D eigenvalue weighted by atomic mass is 15.0. The molecular weight excluding hydrogens is 218 g/mol. The molecule has 1 fully saturated rings. The molecule has 18 heavy (non-hydrogen) atoms. The van der Waals surface area contributed by atoms with Crippen LogP contribution in [0, 0.1) is 11.3 Å². The van der Waals surface area contributed by atoms with Crippen LogP contribution >= 0.6 is 0 Å². The number of hydrogen-bond acceptors (Lipinski definition) is 1. The Morgan fingerprint density at radius 2 is 1.83 bits per heavy atom. The summed E-state index contributed by atoms with van der Waals surface area (Å²) in [7, 11) is 0. The van der Waals surface area contributed by atoms with E-state index in [9.17, 15) is 0 Å². The van der Waals surface area contributed by atoms with Gasteiger partial charge < -0.3 is 5.32 Å². The number of para-hydroxylation sites is 1. The van der Waals surface area contributed by atoms with Gasteiger partial charge in [-0.1, -0.05) is 45.9 Å². The van der Waals surface area contributed by atoms with Crippen molar-refractivity contribution in [2.45, 2.75) is 58.4 Å². The van der Waals surface area contributed by atoms with Crippen molar-refractivity contribution in [3.63, 3.8) is 0 Å². The van der Waals surface area contributed by atoms with Gasteiger partial charge in [0.1, 0.15) is 0 Å². The SMILES string of the molecule is CC1(C)CC[C@@H]2C(C1)Nc1ccccc1C2(C)C. The molecule has 2 aliphatic rings. The predicted molar refractivity (Wildman–Crippen MR) is 78.0 cm³/mol. The molecule has 3 rings (SSSR count). The fourth-order valence-corrected chi connectivity index (χ4v) is 4.17. The largest absolute Gasteiger partial charge is 0.382 e. The van der Waals surface area contributed by atoms with Gasteiger partial charge in [-0.2, -0.15) is 0 Å². The summed E-state index contributed by atoms with van der Waals surface area (Å²) in [5.41, 5.74) is 3.67. The van der Waals surface area contributed by atoms with Gasteiger partial charge in [-0.05, 0) is 47.6 Å². The van der Waals surface area contributed by atoms with Gasteiger partial charge in [0, 0.05) is 11.7 Å². The summed E-state index contributed by atoms with van der Waals surface area (Å²) in [4.78, 5) is 0. The highest BCUT2D eigenvalue weighted by Crippen LogP contribution is 2.51. The molecule has 1 saturated carbocycles. The van der Waals surface area contributed by atoms with Crippen molar-refractivity contribution >= 4 is 5.69 Å². The number of rotatable bonds is 0. The molecule has 98 valence electrons. The van der Waals surface area contributed by atoms with E-state index in [0.717, 1.165) is 5.92 Å². The summed E-state index contributed by atoms with van der Waals surface area (Å²) in [5.74, 6) is 0.778.